The molecule has 16 heavy (non-hydrogen) atoms. The average molecular weight is 289 g/mol. The Morgan fingerprint density at radius 2 is 2.31 bits per heavy atom. The molecule has 0 aliphatic rings. The Hall–Kier alpha value is -0.940. The van der Waals surface area contributed by atoms with Crippen LogP contribution in [-0.2, 0) is 11.3 Å². The van der Waals surface area contributed by atoms with E-state index >= 15 is 0 Å². The van der Waals surface area contributed by atoms with Crippen LogP contribution < -0.4 is 11.1 Å². The van der Waals surface area contributed by atoms with Crippen LogP contribution in [0, 0.1) is 5.82 Å². The van der Waals surface area contributed by atoms with Gasteiger partial charge >= 0.3 is 0 Å². The SMILES string of the molecule is CC(CC(N)=O)NCc1ccc(Br)cc1F. The molecule has 0 spiro atoms. The number of carbonyl (C=O) groups is 1. The molecule has 0 aliphatic heterocycles. The Kier molecular flexibility index (Phi) is 4.89. The number of halogens is 2. The lowest BCUT2D eigenvalue weighted by atomic mass is 10.2. The van der Waals surface area contributed by atoms with Crippen LogP contribution in [0.3, 0.4) is 0 Å². The molecule has 0 saturated heterocycles. The lowest BCUT2D eigenvalue weighted by Gasteiger charge is -2.12. The number of carbonyl (C=O) groups excluding carboxylic acids is 1. The average Bonchev–Trinajstić information content (AvgIpc) is 2.15. The van der Waals surface area contributed by atoms with E-state index in [-0.39, 0.29) is 24.2 Å². The predicted octanol–water partition coefficient (Wildman–Crippen LogP) is 1.94. The summed E-state index contributed by atoms with van der Waals surface area (Å²) in [7, 11) is 0. The third-order valence-electron chi connectivity index (χ3n) is 2.16. The van der Waals surface area contributed by atoms with Gasteiger partial charge in [-0.1, -0.05) is 22.0 Å². The molecule has 1 amide bonds. The summed E-state index contributed by atoms with van der Waals surface area (Å²) >= 11 is 3.19. The van der Waals surface area contributed by atoms with Crippen LogP contribution in [0.5, 0.6) is 0 Å². The monoisotopic (exact) mass is 288 g/mol. The summed E-state index contributed by atoms with van der Waals surface area (Å²) in [5.74, 6) is -0.635. The highest BCUT2D eigenvalue weighted by atomic mass is 79.9. The van der Waals surface area contributed by atoms with Crippen molar-refractivity contribution >= 4 is 21.8 Å². The van der Waals surface area contributed by atoms with Gasteiger partial charge in [0.05, 0.1) is 0 Å². The maximum absolute atomic E-state index is 13.4. The first kappa shape index (κ1) is 13.1. The summed E-state index contributed by atoms with van der Waals surface area (Å²) in [6.07, 6.45) is 0.248. The minimum Gasteiger partial charge on any atom is -0.370 e. The van der Waals surface area contributed by atoms with Gasteiger partial charge in [-0.05, 0) is 19.1 Å². The Morgan fingerprint density at radius 1 is 1.62 bits per heavy atom. The molecule has 0 aromatic heterocycles. The molecule has 1 atom stereocenters. The summed E-state index contributed by atoms with van der Waals surface area (Å²) in [5, 5.41) is 3.03. The zero-order valence-corrected chi connectivity index (χ0v) is 10.6. The molecule has 5 heteroatoms. The molecule has 3 N–H and O–H groups in total. The second kappa shape index (κ2) is 5.96. The van der Waals surface area contributed by atoms with E-state index in [1.807, 2.05) is 6.92 Å². The van der Waals surface area contributed by atoms with Gasteiger partial charge in [0.25, 0.3) is 0 Å². The molecule has 1 aromatic rings. The molecule has 0 heterocycles. The maximum Gasteiger partial charge on any atom is 0.218 e. The molecule has 88 valence electrons. The number of nitrogens with one attached hydrogen (secondary N) is 1. The van der Waals surface area contributed by atoms with E-state index in [1.165, 1.54) is 6.07 Å². The van der Waals surface area contributed by atoms with Crippen molar-refractivity contribution in [2.75, 3.05) is 0 Å². The van der Waals surface area contributed by atoms with E-state index < -0.39 is 0 Å². The molecular formula is C11H14BrFN2O. The quantitative estimate of drug-likeness (QED) is 0.870. The van der Waals surface area contributed by atoms with Crippen LogP contribution in [0.25, 0.3) is 0 Å². The van der Waals surface area contributed by atoms with E-state index in [0.29, 0.717) is 16.6 Å². The molecule has 0 aliphatic carbocycles. The van der Waals surface area contributed by atoms with Crippen LogP contribution in [-0.4, -0.2) is 11.9 Å². The summed E-state index contributed by atoms with van der Waals surface area (Å²) in [4.78, 5) is 10.6. The minimum atomic E-state index is -0.365. The highest BCUT2D eigenvalue weighted by molar-refractivity contribution is 9.10. The molecule has 0 fully saturated rings. The third kappa shape index (κ3) is 4.28. The van der Waals surface area contributed by atoms with E-state index in [1.54, 1.807) is 12.1 Å². The predicted molar refractivity (Wildman–Crippen MR) is 64.2 cm³/mol. The highest BCUT2D eigenvalue weighted by Gasteiger charge is 2.07. The van der Waals surface area contributed by atoms with Gasteiger partial charge in [0.15, 0.2) is 0 Å². The highest BCUT2D eigenvalue weighted by Crippen LogP contribution is 2.15. The first-order valence-electron chi connectivity index (χ1n) is 4.94. The number of nitrogens with two attached hydrogens (primary N) is 1. The fraction of sp³-hybridized carbons (Fsp3) is 0.364. The minimum absolute atomic E-state index is 0.0550. The molecule has 0 saturated carbocycles. The zero-order valence-electron chi connectivity index (χ0n) is 8.97. The van der Waals surface area contributed by atoms with Gasteiger partial charge in [-0.25, -0.2) is 4.39 Å². The molecule has 0 radical (unpaired) electrons. The topological polar surface area (TPSA) is 55.1 Å². The maximum atomic E-state index is 13.4. The standard InChI is InChI=1S/C11H14BrFN2O/c1-7(4-11(14)16)15-6-8-2-3-9(12)5-10(8)13/h2-3,5,7,15H,4,6H2,1H3,(H2,14,16). The number of hydrogen-bond acceptors (Lipinski definition) is 2. The van der Waals surface area contributed by atoms with Crippen molar-refractivity contribution in [1.82, 2.24) is 5.32 Å². The molecule has 1 rings (SSSR count). The zero-order chi connectivity index (χ0) is 12.1. The Labute approximate surface area is 102 Å². The number of primary amides is 1. The Bertz CT molecular complexity index is 384. The summed E-state index contributed by atoms with van der Waals surface area (Å²) in [6, 6.07) is 4.83. The lowest BCUT2D eigenvalue weighted by molar-refractivity contribution is -0.118. The first-order valence-corrected chi connectivity index (χ1v) is 5.74. The van der Waals surface area contributed by atoms with Crippen molar-refractivity contribution in [3.8, 4) is 0 Å². The smallest absolute Gasteiger partial charge is 0.218 e. The van der Waals surface area contributed by atoms with Gasteiger partial charge in [0, 0.05) is 29.0 Å². The van der Waals surface area contributed by atoms with Crippen LogP contribution in [0.2, 0.25) is 0 Å². The van der Waals surface area contributed by atoms with Crippen molar-refractivity contribution in [3.63, 3.8) is 0 Å². The molecular weight excluding hydrogens is 275 g/mol. The van der Waals surface area contributed by atoms with Crippen molar-refractivity contribution in [1.29, 1.82) is 0 Å². The van der Waals surface area contributed by atoms with Gasteiger partial charge in [0.1, 0.15) is 5.82 Å². The second-order valence-electron chi connectivity index (χ2n) is 3.69. The molecule has 1 unspecified atom stereocenters. The van der Waals surface area contributed by atoms with Crippen LogP contribution in [0.4, 0.5) is 4.39 Å². The van der Waals surface area contributed by atoms with Gasteiger partial charge in [-0.2, -0.15) is 0 Å². The van der Waals surface area contributed by atoms with Gasteiger partial charge in [-0.15, -0.1) is 0 Å². The fourth-order valence-corrected chi connectivity index (χ4v) is 1.66. The van der Waals surface area contributed by atoms with Crippen LogP contribution in [0.1, 0.15) is 18.9 Å². The van der Waals surface area contributed by atoms with Crippen molar-refractivity contribution in [2.45, 2.75) is 25.9 Å². The summed E-state index contributed by atoms with van der Waals surface area (Å²) in [5.41, 5.74) is 5.62. The number of hydrogen-bond donors (Lipinski definition) is 2. The van der Waals surface area contributed by atoms with E-state index in [4.69, 9.17) is 5.73 Å². The largest absolute Gasteiger partial charge is 0.370 e. The fourth-order valence-electron chi connectivity index (χ4n) is 1.32. The summed E-state index contributed by atoms with van der Waals surface area (Å²) < 4.78 is 14.1. The third-order valence-corrected chi connectivity index (χ3v) is 2.66. The van der Waals surface area contributed by atoms with Crippen LogP contribution in [0.15, 0.2) is 22.7 Å². The van der Waals surface area contributed by atoms with Crippen molar-refractivity contribution in [2.24, 2.45) is 5.73 Å². The summed E-state index contributed by atoms with van der Waals surface area (Å²) in [6.45, 7) is 2.22. The van der Waals surface area contributed by atoms with Crippen molar-refractivity contribution in [3.05, 3.63) is 34.1 Å². The molecule has 0 bridgehead atoms. The Morgan fingerprint density at radius 3 is 2.88 bits per heavy atom. The molecule has 3 nitrogen and oxygen atoms in total. The van der Waals surface area contributed by atoms with Gasteiger partial charge in [-0.3, -0.25) is 4.79 Å². The second-order valence-corrected chi connectivity index (χ2v) is 4.60. The van der Waals surface area contributed by atoms with Crippen LogP contribution >= 0.6 is 15.9 Å². The van der Waals surface area contributed by atoms with Crippen molar-refractivity contribution < 1.29 is 9.18 Å². The van der Waals surface area contributed by atoms with Gasteiger partial charge in [0.2, 0.25) is 5.91 Å². The van der Waals surface area contributed by atoms with Gasteiger partial charge < -0.3 is 11.1 Å². The van der Waals surface area contributed by atoms with E-state index in [0.717, 1.165) is 0 Å². The van der Waals surface area contributed by atoms with E-state index in [9.17, 15) is 9.18 Å². The normalized spacial score (nSPS) is 12.4. The number of amides is 1. The Balaban J connectivity index is 2.51. The first-order chi connectivity index (χ1) is 7.49. The number of benzene rings is 1. The van der Waals surface area contributed by atoms with E-state index in [2.05, 4.69) is 21.2 Å². The number of rotatable bonds is 5. The lowest BCUT2D eigenvalue weighted by Crippen LogP contribution is -2.30. The molecule has 1 aromatic carbocycles.